The van der Waals surface area contributed by atoms with Crippen LogP contribution in [0.4, 0.5) is 0 Å². The van der Waals surface area contributed by atoms with Gasteiger partial charge in [0.25, 0.3) is 0 Å². The fourth-order valence-electron chi connectivity index (χ4n) is 1.45. The van der Waals surface area contributed by atoms with E-state index in [4.69, 9.17) is 5.11 Å². The van der Waals surface area contributed by atoms with Crippen molar-refractivity contribution in [2.75, 3.05) is 0 Å². The maximum absolute atomic E-state index is 11.0. The molecule has 0 amide bonds. The Hall–Kier alpha value is -1.56. The Morgan fingerprint density at radius 3 is 3.00 bits per heavy atom. The molecular formula is C9H9N3O2S. The number of aliphatic carboxylic acids is 1. The fourth-order valence-corrected chi connectivity index (χ4v) is 2.09. The summed E-state index contributed by atoms with van der Waals surface area (Å²) in [6.45, 7) is 1.82. The van der Waals surface area contributed by atoms with E-state index in [0.29, 0.717) is 17.6 Å². The Balaban J connectivity index is 2.59. The lowest BCUT2D eigenvalue weighted by molar-refractivity contribution is -0.138. The van der Waals surface area contributed by atoms with E-state index in [9.17, 15) is 4.79 Å². The van der Waals surface area contributed by atoms with Crippen LogP contribution in [0.25, 0.3) is 10.3 Å². The first-order valence-corrected chi connectivity index (χ1v) is 5.39. The van der Waals surface area contributed by atoms with E-state index in [1.165, 1.54) is 17.7 Å². The second-order valence-electron chi connectivity index (χ2n) is 3.06. The number of carboxylic acid groups (broad SMARTS) is 1. The molecule has 1 N–H and O–H groups in total. The van der Waals surface area contributed by atoms with Gasteiger partial charge in [-0.1, -0.05) is 6.92 Å². The molecule has 5 nitrogen and oxygen atoms in total. The number of carboxylic acids is 1. The maximum atomic E-state index is 11.0. The van der Waals surface area contributed by atoms with E-state index in [0.717, 1.165) is 4.83 Å². The van der Waals surface area contributed by atoms with Crippen molar-refractivity contribution in [3.63, 3.8) is 0 Å². The van der Waals surface area contributed by atoms with Gasteiger partial charge in [0.15, 0.2) is 0 Å². The van der Waals surface area contributed by atoms with E-state index in [1.54, 1.807) is 5.51 Å². The number of aromatic nitrogens is 3. The second-order valence-corrected chi connectivity index (χ2v) is 3.90. The number of fused-ring (bicyclic) bond motifs is 1. The first kappa shape index (κ1) is 9.97. The molecule has 0 aliphatic rings. The van der Waals surface area contributed by atoms with Crippen LogP contribution in [0.5, 0.6) is 0 Å². The van der Waals surface area contributed by atoms with Crippen LogP contribution in [0.1, 0.15) is 25.0 Å². The summed E-state index contributed by atoms with van der Waals surface area (Å²) in [6, 6.07) is 0. The molecule has 1 unspecified atom stereocenters. The van der Waals surface area contributed by atoms with Gasteiger partial charge in [-0.2, -0.15) is 0 Å². The van der Waals surface area contributed by atoms with Crippen LogP contribution in [0.3, 0.4) is 0 Å². The third-order valence-electron chi connectivity index (χ3n) is 2.20. The molecule has 0 aliphatic carbocycles. The van der Waals surface area contributed by atoms with E-state index < -0.39 is 11.9 Å². The van der Waals surface area contributed by atoms with Gasteiger partial charge < -0.3 is 5.11 Å². The molecule has 0 aromatic carbocycles. The van der Waals surface area contributed by atoms with Crippen molar-refractivity contribution in [2.24, 2.45) is 0 Å². The van der Waals surface area contributed by atoms with Gasteiger partial charge in [0.1, 0.15) is 22.6 Å². The lowest BCUT2D eigenvalue weighted by Crippen LogP contribution is -2.12. The minimum absolute atomic E-state index is 0.499. The molecule has 0 aliphatic heterocycles. The molecule has 0 saturated heterocycles. The summed E-state index contributed by atoms with van der Waals surface area (Å²) in [6.07, 6.45) is 1.89. The Kier molecular flexibility index (Phi) is 2.59. The average molecular weight is 223 g/mol. The van der Waals surface area contributed by atoms with E-state index in [-0.39, 0.29) is 0 Å². The molecule has 0 fully saturated rings. The van der Waals surface area contributed by atoms with Gasteiger partial charge in [-0.25, -0.2) is 15.0 Å². The molecule has 0 spiro atoms. The lowest BCUT2D eigenvalue weighted by atomic mass is 10.0. The van der Waals surface area contributed by atoms with Gasteiger partial charge in [0, 0.05) is 0 Å². The van der Waals surface area contributed by atoms with Crippen LogP contribution in [0, 0.1) is 0 Å². The van der Waals surface area contributed by atoms with Crippen molar-refractivity contribution in [3.8, 4) is 0 Å². The third kappa shape index (κ3) is 1.68. The Labute approximate surface area is 89.8 Å². The van der Waals surface area contributed by atoms with Crippen molar-refractivity contribution in [1.29, 1.82) is 0 Å². The van der Waals surface area contributed by atoms with Gasteiger partial charge in [-0.3, -0.25) is 4.79 Å². The maximum Gasteiger partial charge on any atom is 0.312 e. The van der Waals surface area contributed by atoms with Gasteiger partial charge in [-0.15, -0.1) is 11.3 Å². The molecular weight excluding hydrogens is 214 g/mol. The van der Waals surface area contributed by atoms with E-state index in [2.05, 4.69) is 15.0 Å². The number of rotatable bonds is 3. The molecule has 15 heavy (non-hydrogen) atoms. The first-order valence-electron chi connectivity index (χ1n) is 4.51. The smallest absolute Gasteiger partial charge is 0.312 e. The standard InChI is InChI=1S/C9H9N3O2S/c1-2-5(9(13)14)6-7-8(11-3-10-6)15-4-12-7/h3-5H,2H2,1H3,(H,13,14). The second kappa shape index (κ2) is 3.90. The summed E-state index contributed by atoms with van der Waals surface area (Å²) in [5.41, 5.74) is 2.77. The molecule has 2 aromatic heterocycles. The summed E-state index contributed by atoms with van der Waals surface area (Å²) >= 11 is 1.39. The highest BCUT2D eigenvalue weighted by atomic mass is 32.1. The van der Waals surface area contributed by atoms with Gasteiger partial charge in [0.05, 0.1) is 11.2 Å². The summed E-state index contributed by atoms with van der Waals surface area (Å²) in [7, 11) is 0. The number of thiazole rings is 1. The topological polar surface area (TPSA) is 76.0 Å². The highest BCUT2D eigenvalue weighted by Gasteiger charge is 2.22. The molecule has 78 valence electrons. The molecule has 6 heteroatoms. The van der Waals surface area contributed by atoms with Crippen LogP contribution >= 0.6 is 11.3 Å². The van der Waals surface area contributed by atoms with Gasteiger partial charge in [0.2, 0.25) is 0 Å². The quantitative estimate of drug-likeness (QED) is 0.856. The summed E-state index contributed by atoms with van der Waals surface area (Å²) < 4.78 is 0. The summed E-state index contributed by atoms with van der Waals surface area (Å²) in [4.78, 5) is 23.9. The molecule has 2 heterocycles. The van der Waals surface area contributed by atoms with Crippen molar-refractivity contribution < 1.29 is 9.90 Å². The van der Waals surface area contributed by atoms with E-state index in [1.807, 2.05) is 6.92 Å². The predicted molar refractivity (Wildman–Crippen MR) is 55.9 cm³/mol. The molecule has 2 rings (SSSR count). The predicted octanol–water partition coefficient (Wildman–Crippen LogP) is 1.66. The zero-order chi connectivity index (χ0) is 10.8. The van der Waals surface area contributed by atoms with Crippen molar-refractivity contribution in [2.45, 2.75) is 19.3 Å². The third-order valence-corrected chi connectivity index (χ3v) is 2.93. The van der Waals surface area contributed by atoms with Crippen molar-refractivity contribution in [1.82, 2.24) is 15.0 Å². The summed E-state index contributed by atoms with van der Waals surface area (Å²) in [5, 5.41) is 9.04. The van der Waals surface area contributed by atoms with Crippen LogP contribution in [0.15, 0.2) is 11.8 Å². The minimum Gasteiger partial charge on any atom is -0.481 e. The highest BCUT2D eigenvalue weighted by Crippen LogP contribution is 2.25. The lowest BCUT2D eigenvalue weighted by Gasteiger charge is -2.08. The fraction of sp³-hybridized carbons (Fsp3) is 0.333. The number of hydrogen-bond acceptors (Lipinski definition) is 5. The van der Waals surface area contributed by atoms with Crippen LogP contribution in [-0.4, -0.2) is 26.0 Å². The number of nitrogens with zero attached hydrogens (tertiary/aromatic N) is 3. The van der Waals surface area contributed by atoms with Crippen LogP contribution in [0.2, 0.25) is 0 Å². The monoisotopic (exact) mass is 223 g/mol. The minimum atomic E-state index is -0.870. The Morgan fingerprint density at radius 1 is 1.53 bits per heavy atom. The van der Waals surface area contributed by atoms with Gasteiger partial charge in [-0.05, 0) is 6.42 Å². The molecule has 1 atom stereocenters. The highest BCUT2D eigenvalue weighted by molar-refractivity contribution is 7.16. The zero-order valence-electron chi connectivity index (χ0n) is 8.04. The number of carbonyl (C=O) groups is 1. The molecule has 0 saturated carbocycles. The average Bonchev–Trinajstić information content (AvgIpc) is 2.66. The van der Waals surface area contributed by atoms with Crippen molar-refractivity contribution in [3.05, 3.63) is 17.5 Å². The van der Waals surface area contributed by atoms with Crippen LogP contribution in [-0.2, 0) is 4.79 Å². The largest absolute Gasteiger partial charge is 0.481 e. The van der Waals surface area contributed by atoms with Crippen LogP contribution < -0.4 is 0 Å². The SMILES string of the molecule is CCC(C(=O)O)c1ncnc2scnc12. The zero-order valence-corrected chi connectivity index (χ0v) is 8.86. The molecule has 0 radical (unpaired) electrons. The van der Waals surface area contributed by atoms with Gasteiger partial charge >= 0.3 is 5.97 Å². The number of hydrogen-bond donors (Lipinski definition) is 1. The molecule has 0 bridgehead atoms. The van der Waals surface area contributed by atoms with E-state index >= 15 is 0 Å². The normalized spacial score (nSPS) is 12.9. The summed E-state index contributed by atoms with van der Waals surface area (Å²) in [5.74, 6) is -1.47. The Morgan fingerprint density at radius 2 is 2.33 bits per heavy atom. The Bertz CT molecular complexity index is 497. The molecule has 2 aromatic rings. The van der Waals surface area contributed by atoms with Crippen molar-refractivity contribution >= 4 is 27.7 Å². The first-order chi connectivity index (χ1) is 7.24.